The number of alkyl halides is 5. The fourth-order valence-electron chi connectivity index (χ4n) is 2.43. The van der Waals surface area contributed by atoms with Gasteiger partial charge in [0.15, 0.2) is 0 Å². The number of carbonyl (C=O) groups is 1. The van der Waals surface area contributed by atoms with E-state index in [1.807, 2.05) is 0 Å². The summed E-state index contributed by atoms with van der Waals surface area (Å²) >= 11 is 0. The van der Waals surface area contributed by atoms with Crippen LogP contribution >= 0.6 is 0 Å². The SMILES string of the molecule is N#CCc1c(C(F)(F)F)nc(C(F)F)c(C(=O)O)c1CC1CC1. The highest BCUT2D eigenvalue weighted by molar-refractivity contribution is 5.91. The molecule has 1 heterocycles. The predicted molar refractivity (Wildman–Crippen MR) is 66.9 cm³/mol. The second-order valence-electron chi connectivity index (χ2n) is 5.26. The van der Waals surface area contributed by atoms with E-state index in [2.05, 4.69) is 4.98 Å². The van der Waals surface area contributed by atoms with Gasteiger partial charge in [0.1, 0.15) is 11.4 Å². The Morgan fingerprint density at radius 2 is 1.96 bits per heavy atom. The number of aromatic carboxylic acids is 1. The van der Waals surface area contributed by atoms with Crippen LogP contribution in [0.15, 0.2) is 0 Å². The molecule has 124 valence electrons. The molecule has 0 unspecified atom stereocenters. The Morgan fingerprint density at radius 3 is 2.35 bits per heavy atom. The quantitative estimate of drug-likeness (QED) is 0.832. The number of aromatic nitrogens is 1. The molecule has 1 aromatic heterocycles. The van der Waals surface area contributed by atoms with E-state index in [1.54, 1.807) is 0 Å². The van der Waals surface area contributed by atoms with Crippen molar-refractivity contribution in [1.82, 2.24) is 4.98 Å². The molecule has 23 heavy (non-hydrogen) atoms. The van der Waals surface area contributed by atoms with Gasteiger partial charge in [0.25, 0.3) is 6.43 Å². The molecule has 0 aromatic carbocycles. The standard InChI is InChI=1S/C14H11F5N2O2/c15-12(16)10-9(13(22)23)8(5-6-1-2-6)7(3-4-20)11(21-10)14(17,18)19/h6,12H,1-3,5H2,(H,22,23). The van der Waals surface area contributed by atoms with E-state index in [9.17, 15) is 31.9 Å². The lowest BCUT2D eigenvalue weighted by molar-refractivity contribution is -0.142. The molecule has 0 amide bonds. The molecule has 2 rings (SSSR count). The summed E-state index contributed by atoms with van der Waals surface area (Å²) in [6.45, 7) is 0. The Bertz CT molecular complexity index is 675. The molecule has 0 aliphatic heterocycles. The van der Waals surface area contributed by atoms with Crippen LogP contribution < -0.4 is 0 Å². The zero-order chi connectivity index (χ0) is 17.4. The molecule has 0 atom stereocenters. The van der Waals surface area contributed by atoms with Gasteiger partial charge in [-0.2, -0.15) is 18.4 Å². The number of carboxylic acids is 1. The van der Waals surface area contributed by atoms with Gasteiger partial charge in [-0.1, -0.05) is 0 Å². The number of pyridine rings is 1. The van der Waals surface area contributed by atoms with Crippen molar-refractivity contribution in [1.29, 1.82) is 5.26 Å². The number of hydrogen-bond acceptors (Lipinski definition) is 3. The van der Waals surface area contributed by atoms with E-state index in [4.69, 9.17) is 5.26 Å². The minimum atomic E-state index is -5.05. The molecule has 1 aromatic rings. The lowest BCUT2D eigenvalue weighted by Gasteiger charge is -2.19. The molecule has 1 N–H and O–H groups in total. The summed E-state index contributed by atoms with van der Waals surface area (Å²) in [5, 5.41) is 17.9. The predicted octanol–water partition coefficient (Wildman–Crippen LogP) is 3.75. The first-order chi connectivity index (χ1) is 10.7. The Morgan fingerprint density at radius 1 is 1.35 bits per heavy atom. The number of nitriles is 1. The Kier molecular flexibility index (Phi) is 4.54. The van der Waals surface area contributed by atoms with Crippen molar-refractivity contribution >= 4 is 5.97 Å². The highest BCUT2D eigenvalue weighted by Crippen LogP contribution is 2.40. The summed E-state index contributed by atoms with van der Waals surface area (Å²) in [6.07, 6.45) is -7.98. The average Bonchev–Trinajstić information content (AvgIpc) is 3.22. The van der Waals surface area contributed by atoms with E-state index in [-0.39, 0.29) is 17.9 Å². The smallest absolute Gasteiger partial charge is 0.433 e. The Labute approximate surface area is 127 Å². The van der Waals surface area contributed by atoms with Gasteiger partial charge in [0, 0.05) is 5.56 Å². The maximum absolute atomic E-state index is 13.1. The first-order valence-electron chi connectivity index (χ1n) is 6.68. The average molecular weight is 334 g/mol. The summed E-state index contributed by atoms with van der Waals surface area (Å²) < 4.78 is 65.4. The zero-order valence-electron chi connectivity index (χ0n) is 11.6. The first kappa shape index (κ1) is 17.1. The molecular formula is C14H11F5N2O2. The summed E-state index contributed by atoms with van der Waals surface area (Å²) in [5.74, 6) is -1.82. The van der Waals surface area contributed by atoms with Crippen molar-refractivity contribution < 1.29 is 31.9 Å². The van der Waals surface area contributed by atoms with Crippen molar-refractivity contribution in [3.05, 3.63) is 28.1 Å². The molecule has 1 saturated carbocycles. The third kappa shape index (κ3) is 3.57. The molecule has 9 heteroatoms. The lowest BCUT2D eigenvalue weighted by Crippen LogP contribution is -2.21. The van der Waals surface area contributed by atoms with E-state index in [0.29, 0.717) is 12.8 Å². The van der Waals surface area contributed by atoms with Crippen molar-refractivity contribution in [2.75, 3.05) is 0 Å². The maximum Gasteiger partial charge on any atom is 0.433 e. The molecule has 0 radical (unpaired) electrons. The van der Waals surface area contributed by atoms with Gasteiger partial charge in [0.2, 0.25) is 0 Å². The van der Waals surface area contributed by atoms with Crippen LogP contribution in [-0.2, 0) is 19.0 Å². The molecule has 1 aliphatic carbocycles. The Balaban J connectivity index is 2.81. The topological polar surface area (TPSA) is 74.0 Å². The van der Waals surface area contributed by atoms with Crippen LogP contribution in [0.25, 0.3) is 0 Å². The molecule has 1 fully saturated rings. The normalized spacial score (nSPS) is 14.8. The highest BCUT2D eigenvalue weighted by Gasteiger charge is 2.41. The number of nitrogens with zero attached hydrogens (tertiary/aromatic N) is 2. The van der Waals surface area contributed by atoms with Gasteiger partial charge in [-0.3, -0.25) is 0 Å². The molecule has 4 nitrogen and oxygen atoms in total. The van der Waals surface area contributed by atoms with Crippen molar-refractivity contribution in [3.63, 3.8) is 0 Å². The van der Waals surface area contributed by atoms with E-state index in [0.717, 1.165) is 0 Å². The monoisotopic (exact) mass is 334 g/mol. The van der Waals surface area contributed by atoms with Crippen molar-refractivity contribution in [2.45, 2.75) is 38.3 Å². The first-order valence-corrected chi connectivity index (χ1v) is 6.68. The molecule has 1 aliphatic rings. The fourth-order valence-corrected chi connectivity index (χ4v) is 2.43. The van der Waals surface area contributed by atoms with Crippen LogP contribution in [0, 0.1) is 17.2 Å². The molecule has 0 bridgehead atoms. The Hall–Kier alpha value is -2.24. The van der Waals surface area contributed by atoms with Crippen LogP contribution in [-0.4, -0.2) is 16.1 Å². The van der Waals surface area contributed by atoms with Gasteiger partial charge < -0.3 is 5.11 Å². The fraction of sp³-hybridized carbons (Fsp3) is 0.500. The second-order valence-corrected chi connectivity index (χ2v) is 5.26. The second kappa shape index (κ2) is 6.10. The molecule has 0 spiro atoms. The highest BCUT2D eigenvalue weighted by atomic mass is 19.4. The summed E-state index contributed by atoms with van der Waals surface area (Å²) in [4.78, 5) is 14.2. The van der Waals surface area contributed by atoms with E-state index in [1.165, 1.54) is 6.07 Å². The summed E-state index contributed by atoms with van der Waals surface area (Å²) in [6, 6.07) is 1.52. The number of carboxylic acid groups (broad SMARTS) is 1. The lowest BCUT2D eigenvalue weighted by atomic mass is 9.92. The van der Waals surface area contributed by atoms with Crippen LogP contribution in [0.4, 0.5) is 22.0 Å². The van der Waals surface area contributed by atoms with Gasteiger partial charge in [-0.15, -0.1) is 0 Å². The van der Waals surface area contributed by atoms with Gasteiger partial charge in [-0.25, -0.2) is 18.6 Å². The van der Waals surface area contributed by atoms with Gasteiger partial charge in [-0.05, 0) is 30.7 Å². The zero-order valence-corrected chi connectivity index (χ0v) is 11.6. The van der Waals surface area contributed by atoms with Crippen LogP contribution in [0.5, 0.6) is 0 Å². The minimum absolute atomic E-state index is 0.0560. The van der Waals surface area contributed by atoms with Crippen LogP contribution in [0.3, 0.4) is 0 Å². The van der Waals surface area contributed by atoms with Crippen LogP contribution in [0.2, 0.25) is 0 Å². The van der Waals surface area contributed by atoms with Gasteiger partial charge >= 0.3 is 12.1 Å². The summed E-state index contributed by atoms with van der Waals surface area (Å²) in [7, 11) is 0. The maximum atomic E-state index is 13.1. The number of rotatable bonds is 5. The van der Waals surface area contributed by atoms with Crippen molar-refractivity contribution in [3.8, 4) is 6.07 Å². The molecular weight excluding hydrogens is 323 g/mol. The minimum Gasteiger partial charge on any atom is -0.478 e. The molecule has 0 saturated heterocycles. The summed E-state index contributed by atoms with van der Waals surface area (Å²) in [5.41, 5.74) is -4.88. The largest absolute Gasteiger partial charge is 0.478 e. The van der Waals surface area contributed by atoms with Gasteiger partial charge in [0.05, 0.1) is 18.1 Å². The number of hydrogen-bond donors (Lipinski definition) is 1. The van der Waals surface area contributed by atoms with E-state index < -0.39 is 47.5 Å². The van der Waals surface area contributed by atoms with Crippen molar-refractivity contribution in [2.24, 2.45) is 5.92 Å². The third-order valence-electron chi connectivity index (χ3n) is 3.57. The third-order valence-corrected chi connectivity index (χ3v) is 3.57. The van der Waals surface area contributed by atoms with Crippen LogP contribution in [0.1, 0.15) is 52.1 Å². The number of halogens is 5. The van der Waals surface area contributed by atoms with E-state index >= 15 is 0 Å².